The summed E-state index contributed by atoms with van der Waals surface area (Å²) in [6.07, 6.45) is 1.61. The van der Waals surface area contributed by atoms with Crippen molar-refractivity contribution in [3.8, 4) is 17.2 Å². The van der Waals surface area contributed by atoms with E-state index in [0.29, 0.717) is 20.6 Å². The Hall–Kier alpha value is -3.54. The van der Waals surface area contributed by atoms with Gasteiger partial charge in [-0.25, -0.2) is 4.79 Å². The minimum atomic E-state index is -0.624. The van der Waals surface area contributed by atoms with Crippen LogP contribution < -0.4 is 14.2 Å². The van der Waals surface area contributed by atoms with E-state index in [1.165, 1.54) is 12.0 Å². The first kappa shape index (κ1) is 28.0. The van der Waals surface area contributed by atoms with Crippen molar-refractivity contribution in [1.29, 1.82) is 0 Å². The van der Waals surface area contributed by atoms with Crippen LogP contribution in [-0.4, -0.2) is 42.3 Å². The fraction of sp³-hybridized carbons (Fsp3) is 0.100. The van der Waals surface area contributed by atoms with Gasteiger partial charge in [0.25, 0.3) is 11.1 Å². The highest BCUT2D eigenvalue weighted by Gasteiger charge is 2.35. The summed E-state index contributed by atoms with van der Waals surface area (Å²) in [5.74, 6) is 0.184. The lowest BCUT2D eigenvalue weighted by molar-refractivity contribution is -0.123. The number of benzene rings is 4. The molecule has 1 saturated heterocycles. The molecule has 1 aliphatic heterocycles. The second-order valence-electron chi connectivity index (χ2n) is 8.56. The van der Waals surface area contributed by atoms with Crippen molar-refractivity contribution in [2.45, 2.75) is 0 Å². The van der Waals surface area contributed by atoms with Crippen molar-refractivity contribution in [1.82, 2.24) is 4.90 Å². The van der Waals surface area contributed by atoms with Crippen molar-refractivity contribution >= 4 is 79.9 Å². The highest BCUT2D eigenvalue weighted by Crippen LogP contribution is 2.38. The molecule has 0 bridgehead atoms. The van der Waals surface area contributed by atoms with E-state index >= 15 is 0 Å². The molecule has 7 nitrogen and oxygen atoms in total. The third-order valence-electron chi connectivity index (χ3n) is 6.03. The number of halogens is 2. The van der Waals surface area contributed by atoms with Crippen molar-refractivity contribution in [2.75, 3.05) is 20.3 Å². The molecule has 4 aromatic carbocycles. The van der Waals surface area contributed by atoms with Crippen molar-refractivity contribution < 1.29 is 28.6 Å². The first-order valence-corrected chi connectivity index (χ1v) is 14.3. The molecular formula is C30H21ClINO6S. The number of hydrogen-bond donors (Lipinski definition) is 0. The molecule has 0 spiro atoms. The van der Waals surface area contributed by atoms with Gasteiger partial charge in [-0.1, -0.05) is 60.1 Å². The number of methoxy groups -OCH3 is 1. The van der Waals surface area contributed by atoms with Gasteiger partial charge in [0.15, 0.2) is 11.5 Å². The Labute approximate surface area is 253 Å². The van der Waals surface area contributed by atoms with Gasteiger partial charge in [0.05, 0.1) is 32.7 Å². The molecular weight excluding hydrogens is 665 g/mol. The average Bonchev–Trinajstić information content (AvgIpc) is 3.21. The maximum absolute atomic E-state index is 13.1. The van der Waals surface area contributed by atoms with E-state index in [1.54, 1.807) is 42.5 Å². The molecule has 0 atom stereocenters. The summed E-state index contributed by atoms with van der Waals surface area (Å²) in [6.45, 7) is 0.277. The monoisotopic (exact) mass is 685 g/mol. The van der Waals surface area contributed by atoms with Crippen LogP contribution in [0.1, 0.15) is 15.9 Å². The van der Waals surface area contributed by atoms with Gasteiger partial charge in [-0.2, -0.15) is 0 Å². The van der Waals surface area contributed by atoms with Gasteiger partial charge >= 0.3 is 5.97 Å². The number of carbonyl (C=O) groups excluding carboxylic acids is 3. The van der Waals surface area contributed by atoms with E-state index in [2.05, 4.69) is 0 Å². The molecule has 1 fully saturated rings. The number of rotatable bonds is 8. The number of imide groups is 1. The third kappa shape index (κ3) is 5.96. The predicted octanol–water partition coefficient (Wildman–Crippen LogP) is 7.44. The first-order chi connectivity index (χ1) is 19.4. The SMILES string of the molecule is COc1cc(/C=C2\SC(=O)N(CCOc3cccc4ccccc34)C2=O)cc(I)c1OC(=O)c1ccccc1Cl. The van der Waals surface area contributed by atoms with Crippen LogP contribution in [0.25, 0.3) is 16.8 Å². The molecule has 0 N–H and O–H groups in total. The minimum absolute atomic E-state index is 0.114. The Balaban J connectivity index is 1.29. The average molecular weight is 686 g/mol. The van der Waals surface area contributed by atoms with Gasteiger partial charge in [0.2, 0.25) is 0 Å². The van der Waals surface area contributed by atoms with E-state index in [9.17, 15) is 14.4 Å². The standard InChI is InChI=1S/C30H21ClINO6S/c1-37-25-16-18(15-23(32)27(25)39-29(35)21-10-4-5-11-22(21)31)17-26-28(34)33(30(36)40-26)13-14-38-24-12-6-8-19-7-2-3-9-20(19)24/h2-12,15-17H,13-14H2,1H3/b26-17-. The Kier molecular flexibility index (Phi) is 8.63. The van der Waals surface area contributed by atoms with Crippen molar-refractivity contribution in [3.05, 3.63) is 103 Å². The Morgan fingerprint density at radius 2 is 1.75 bits per heavy atom. The Morgan fingerprint density at radius 1 is 1.00 bits per heavy atom. The van der Waals surface area contributed by atoms with Crippen LogP contribution in [0, 0.1) is 3.57 Å². The first-order valence-electron chi connectivity index (χ1n) is 12.1. The Morgan fingerprint density at radius 3 is 2.55 bits per heavy atom. The number of amides is 2. The van der Waals surface area contributed by atoms with E-state index in [4.69, 9.17) is 25.8 Å². The molecule has 0 saturated carbocycles. The maximum atomic E-state index is 13.1. The van der Waals surface area contributed by atoms with Crippen LogP contribution in [0.2, 0.25) is 5.02 Å². The summed E-state index contributed by atoms with van der Waals surface area (Å²) in [5.41, 5.74) is 0.834. The zero-order valence-corrected chi connectivity index (χ0v) is 24.8. The van der Waals surface area contributed by atoms with E-state index in [-0.39, 0.29) is 39.6 Å². The summed E-state index contributed by atoms with van der Waals surface area (Å²) in [6, 6.07) is 23.6. The lowest BCUT2D eigenvalue weighted by atomic mass is 10.1. The van der Waals surface area contributed by atoms with Crippen LogP contribution in [0.4, 0.5) is 4.79 Å². The maximum Gasteiger partial charge on any atom is 0.345 e. The molecule has 0 radical (unpaired) electrons. The van der Waals surface area contributed by atoms with Gasteiger partial charge in [0.1, 0.15) is 12.4 Å². The van der Waals surface area contributed by atoms with E-state index in [0.717, 1.165) is 22.5 Å². The fourth-order valence-corrected chi connectivity index (χ4v) is 5.92. The lowest BCUT2D eigenvalue weighted by Crippen LogP contribution is -2.32. The number of ether oxygens (including phenoxy) is 3. The summed E-state index contributed by atoms with van der Waals surface area (Å²) >= 11 is 9.01. The smallest absolute Gasteiger partial charge is 0.345 e. The van der Waals surface area contributed by atoms with Crippen molar-refractivity contribution in [2.24, 2.45) is 0 Å². The van der Waals surface area contributed by atoms with Gasteiger partial charge in [-0.3, -0.25) is 14.5 Å². The number of hydrogen-bond acceptors (Lipinski definition) is 7. The third-order valence-corrected chi connectivity index (χ3v) is 8.07. The number of fused-ring (bicyclic) bond motifs is 1. The van der Waals surface area contributed by atoms with Gasteiger partial charge in [0, 0.05) is 5.39 Å². The quantitative estimate of drug-likeness (QED) is 0.0826. The summed E-state index contributed by atoms with van der Waals surface area (Å²) < 4.78 is 17.6. The molecule has 0 unspecified atom stereocenters. The number of thioether (sulfide) groups is 1. The minimum Gasteiger partial charge on any atom is -0.493 e. The van der Waals surface area contributed by atoms with Crippen LogP contribution in [0.5, 0.6) is 17.2 Å². The molecule has 2 amide bonds. The lowest BCUT2D eigenvalue weighted by Gasteiger charge is -2.14. The van der Waals surface area contributed by atoms with Crippen molar-refractivity contribution in [3.63, 3.8) is 0 Å². The molecule has 10 heteroatoms. The fourth-order valence-electron chi connectivity index (χ4n) is 4.11. The molecule has 4 aromatic rings. The largest absolute Gasteiger partial charge is 0.493 e. The topological polar surface area (TPSA) is 82.1 Å². The molecule has 5 rings (SSSR count). The Bertz CT molecular complexity index is 1670. The van der Waals surface area contributed by atoms with Crippen LogP contribution in [0.3, 0.4) is 0 Å². The number of esters is 1. The highest BCUT2D eigenvalue weighted by molar-refractivity contribution is 14.1. The highest BCUT2D eigenvalue weighted by atomic mass is 127. The molecule has 1 aliphatic rings. The van der Waals surface area contributed by atoms with Crippen LogP contribution >= 0.6 is 46.0 Å². The normalized spacial score (nSPS) is 14.2. The van der Waals surface area contributed by atoms with Gasteiger partial charge in [-0.15, -0.1) is 0 Å². The number of carbonyl (C=O) groups is 3. The second-order valence-corrected chi connectivity index (χ2v) is 11.1. The van der Waals surface area contributed by atoms with Gasteiger partial charge in [-0.05, 0) is 81.7 Å². The summed E-state index contributed by atoms with van der Waals surface area (Å²) in [7, 11) is 1.45. The second kappa shape index (κ2) is 12.3. The summed E-state index contributed by atoms with van der Waals surface area (Å²) in [4.78, 5) is 39.8. The molecule has 40 heavy (non-hydrogen) atoms. The predicted molar refractivity (Wildman–Crippen MR) is 164 cm³/mol. The summed E-state index contributed by atoms with van der Waals surface area (Å²) in [5, 5.41) is 1.91. The van der Waals surface area contributed by atoms with E-state index in [1.807, 2.05) is 65.1 Å². The zero-order valence-electron chi connectivity index (χ0n) is 21.1. The van der Waals surface area contributed by atoms with Crippen LogP contribution in [0.15, 0.2) is 83.8 Å². The number of nitrogens with zero attached hydrogens (tertiary/aromatic N) is 1. The molecule has 0 aliphatic carbocycles. The van der Waals surface area contributed by atoms with Gasteiger partial charge < -0.3 is 14.2 Å². The van der Waals surface area contributed by atoms with E-state index < -0.39 is 11.9 Å². The molecule has 0 aromatic heterocycles. The molecule has 202 valence electrons. The van der Waals surface area contributed by atoms with Crippen LogP contribution in [-0.2, 0) is 4.79 Å². The molecule has 1 heterocycles. The zero-order chi connectivity index (χ0) is 28.2.